The van der Waals surface area contributed by atoms with Crippen molar-refractivity contribution in [3.63, 3.8) is 0 Å². The predicted molar refractivity (Wildman–Crippen MR) is 91.6 cm³/mol. The maximum Gasteiger partial charge on any atom is 0.231 e. The maximum atomic E-state index is 5.37. The van der Waals surface area contributed by atoms with Gasteiger partial charge in [-0.15, -0.1) is 0 Å². The highest BCUT2D eigenvalue weighted by Crippen LogP contribution is 2.32. The number of benzene rings is 1. The molecule has 0 amide bonds. The monoisotopic (exact) mass is 332 g/mol. The minimum Gasteiger partial charge on any atom is -0.469 e. The summed E-state index contributed by atoms with van der Waals surface area (Å²) in [6, 6.07) is 10.1. The summed E-state index contributed by atoms with van der Waals surface area (Å²) in [5.74, 6) is 2.58. The molecule has 0 saturated carbocycles. The molecular formula is C17H20N2O3S. The van der Waals surface area contributed by atoms with E-state index < -0.39 is 0 Å². The first-order valence-electron chi connectivity index (χ1n) is 7.66. The van der Waals surface area contributed by atoms with Crippen LogP contribution in [0, 0.1) is 0 Å². The van der Waals surface area contributed by atoms with Gasteiger partial charge >= 0.3 is 0 Å². The molecule has 1 aromatic heterocycles. The van der Waals surface area contributed by atoms with Gasteiger partial charge in [0.2, 0.25) is 6.79 Å². The Morgan fingerprint density at radius 3 is 2.96 bits per heavy atom. The molecule has 2 N–H and O–H groups in total. The molecule has 3 rings (SSSR count). The van der Waals surface area contributed by atoms with E-state index in [1.165, 1.54) is 0 Å². The number of aryl methyl sites for hydroxylation is 1. The van der Waals surface area contributed by atoms with E-state index in [0.29, 0.717) is 18.5 Å². The second-order valence-electron chi connectivity index (χ2n) is 5.53. The first-order valence-corrected chi connectivity index (χ1v) is 8.07. The van der Waals surface area contributed by atoms with Crippen LogP contribution >= 0.6 is 12.2 Å². The van der Waals surface area contributed by atoms with E-state index in [4.69, 9.17) is 26.1 Å². The smallest absolute Gasteiger partial charge is 0.231 e. The first-order chi connectivity index (χ1) is 11.2. The van der Waals surface area contributed by atoms with Crippen LogP contribution in [0.5, 0.6) is 11.5 Å². The normalized spacial score (nSPS) is 13.6. The lowest BCUT2D eigenvalue weighted by Crippen LogP contribution is -2.40. The Hall–Kier alpha value is -2.21. The quantitative estimate of drug-likeness (QED) is 0.793. The number of nitrogens with one attached hydrogen (secondary N) is 2. The molecule has 0 bridgehead atoms. The van der Waals surface area contributed by atoms with E-state index in [0.717, 1.165) is 35.7 Å². The van der Waals surface area contributed by atoms with Gasteiger partial charge in [-0.1, -0.05) is 6.07 Å². The molecule has 1 atom stereocenters. The predicted octanol–water partition coefficient (Wildman–Crippen LogP) is 2.99. The lowest BCUT2D eigenvalue weighted by molar-refractivity contribution is 0.174. The summed E-state index contributed by atoms with van der Waals surface area (Å²) in [5, 5.41) is 7.15. The number of hydrogen-bond acceptors (Lipinski definition) is 4. The zero-order valence-electron chi connectivity index (χ0n) is 13.0. The maximum absolute atomic E-state index is 5.37. The molecule has 1 aliphatic heterocycles. The molecule has 2 heterocycles. The number of rotatable bonds is 6. The third kappa shape index (κ3) is 4.39. The van der Waals surface area contributed by atoms with Crippen LogP contribution < -0.4 is 20.1 Å². The van der Waals surface area contributed by atoms with Crippen molar-refractivity contribution in [3.05, 3.63) is 47.9 Å². The van der Waals surface area contributed by atoms with Gasteiger partial charge in [0.25, 0.3) is 0 Å². The number of furan rings is 1. The Balaban J connectivity index is 1.40. The van der Waals surface area contributed by atoms with Crippen LogP contribution in [0.2, 0.25) is 0 Å². The number of thiocarbonyl (C=S) groups is 1. The highest BCUT2D eigenvalue weighted by Gasteiger charge is 2.13. The standard InChI is InChI=1S/C17H20N2O3S/c1-12(4-6-14-3-2-8-20-14)19-17(23)18-10-13-5-7-15-16(9-13)22-11-21-15/h2-3,5,7-9,12H,4,6,10-11H2,1H3,(H2,18,19,23)/t12-/m0/s1. The Labute approximate surface area is 141 Å². The van der Waals surface area contributed by atoms with Gasteiger partial charge in [0.1, 0.15) is 5.76 Å². The van der Waals surface area contributed by atoms with Crippen molar-refractivity contribution in [1.29, 1.82) is 0 Å². The van der Waals surface area contributed by atoms with Crippen molar-refractivity contribution in [1.82, 2.24) is 10.6 Å². The summed E-state index contributed by atoms with van der Waals surface area (Å²) >= 11 is 5.34. The Morgan fingerprint density at radius 2 is 2.13 bits per heavy atom. The molecule has 122 valence electrons. The average Bonchev–Trinajstić information content (AvgIpc) is 3.21. The van der Waals surface area contributed by atoms with Gasteiger partial charge < -0.3 is 24.5 Å². The molecular weight excluding hydrogens is 312 g/mol. The number of fused-ring (bicyclic) bond motifs is 1. The van der Waals surface area contributed by atoms with Crippen LogP contribution in [-0.2, 0) is 13.0 Å². The summed E-state index contributed by atoms with van der Waals surface area (Å²) in [4.78, 5) is 0. The van der Waals surface area contributed by atoms with Gasteiger partial charge in [0.15, 0.2) is 16.6 Å². The van der Waals surface area contributed by atoms with E-state index >= 15 is 0 Å². The highest BCUT2D eigenvalue weighted by molar-refractivity contribution is 7.80. The van der Waals surface area contributed by atoms with Gasteiger partial charge in [-0.3, -0.25) is 0 Å². The molecule has 23 heavy (non-hydrogen) atoms. The number of ether oxygens (including phenoxy) is 2. The van der Waals surface area contributed by atoms with Crippen molar-refractivity contribution in [2.75, 3.05) is 6.79 Å². The topological polar surface area (TPSA) is 55.7 Å². The van der Waals surface area contributed by atoms with E-state index in [1.807, 2.05) is 30.3 Å². The van der Waals surface area contributed by atoms with E-state index in [1.54, 1.807) is 6.26 Å². The van der Waals surface area contributed by atoms with Crippen molar-refractivity contribution < 1.29 is 13.9 Å². The molecule has 0 spiro atoms. The highest BCUT2D eigenvalue weighted by atomic mass is 32.1. The van der Waals surface area contributed by atoms with Crippen LogP contribution in [0.25, 0.3) is 0 Å². The molecule has 1 aromatic carbocycles. The summed E-state index contributed by atoms with van der Waals surface area (Å²) in [6.07, 6.45) is 3.55. The van der Waals surface area contributed by atoms with Gasteiger partial charge in [0, 0.05) is 19.0 Å². The van der Waals surface area contributed by atoms with Crippen LogP contribution in [-0.4, -0.2) is 17.9 Å². The lowest BCUT2D eigenvalue weighted by Gasteiger charge is -2.16. The second-order valence-corrected chi connectivity index (χ2v) is 5.94. The summed E-state index contributed by atoms with van der Waals surface area (Å²) in [7, 11) is 0. The fraction of sp³-hybridized carbons (Fsp3) is 0.353. The van der Waals surface area contributed by atoms with Crippen LogP contribution in [0.4, 0.5) is 0 Å². The zero-order chi connectivity index (χ0) is 16.1. The molecule has 0 fully saturated rings. The Bertz CT molecular complexity index is 658. The molecule has 6 heteroatoms. The minimum absolute atomic E-state index is 0.275. The zero-order valence-corrected chi connectivity index (χ0v) is 13.8. The Kier molecular flexibility index (Phi) is 5.02. The second kappa shape index (κ2) is 7.37. The van der Waals surface area contributed by atoms with Crippen LogP contribution in [0.3, 0.4) is 0 Å². The van der Waals surface area contributed by atoms with E-state index in [9.17, 15) is 0 Å². The van der Waals surface area contributed by atoms with Crippen molar-refractivity contribution in [2.24, 2.45) is 0 Å². The van der Waals surface area contributed by atoms with Crippen molar-refractivity contribution in [3.8, 4) is 11.5 Å². The number of hydrogen-bond donors (Lipinski definition) is 2. The van der Waals surface area contributed by atoms with Gasteiger partial charge in [-0.25, -0.2) is 0 Å². The van der Waals surface area contributed by atoms with Crippen LogP contribution in [0.1, 0.15) is 24.7 Å². The van der Waals surface area contributed by atoms with Crippen molar-refractivity contribution in [2.45, 2.75) is 32.4 Å². The molecule has 0 unspecified atom stereocenters. The lowest BCUT2D eigenvalue weighted by atomic mass is 10.1. The molecule has 5 nitrogen and oxygen atoms in total. The van der Waals surface area contributed by atoms with Gasteiger partial charge in [-0.05, 0) is 55.4 Å². The van der Waals surface area contributed by atoms with Crippen LogP contribution in [0.15, 0.2) is 41.0 Å². The molecule has 1 aliphatic rings. The molecule has 0 radical (unpaired) electrons. The first kappa shape index (κ1) is 15.7. The Morgan fingerprint density at radius 1 is 1.26 bits per heavy atom. The molecule has 0 aliphatic carbocycles. The fourth-order valence-corrected chi connectivity index (χ4v) is 2.67. The molecule has 0 saturated heterocycles. The summed E-state index contributed by atoms with van der Waals surface area (Å²) in [5.41, 5.74) is 1.10. The summed E-state index contributed by atoms with van der Waals surface area (Å²) < 4.78 is 16.0. The fourth-order valence-electron chi connectivity index (χ4n) is 2.39. The van der Waals surface area contributed by atoms with Gasteiger partial charge in [-0.2, -0.15) is 0 Å². The summed E-state index contributed by atoms with van der Waals surface area (Å²) in [6.45, 7) is 3.05. The minimum atomic E-state index is 0.275. The largest absolute Gasteiger partial charge is 0.469 e. The third-order valence-electron chi connectivity index (χ3n) is 3.67. The van der Waals surface area contributed by atoms with E-state index in [-0.39, 0.29) is 6.04 Å². The van der Waals surface area contributed by atoms with Gasteiger partial charge in [0.05, 0.1) is 6.26 Å². The molecule has 2 aromatic rings. The van der Waals surface area contributed by atoms with Crippen molar-refractivity contribution >= 4 is 17.3 Å². The van der Waals surface area contributed by atoms with E-state index in [2.05, 4.69) is 17.6 Å². The average molecular weight is 332 g/mol. The SMILES string of the molecule is C[C@@H](CCc1ccco1)NC(=S)NCc1ccc2c(c1)OCO2. The third-order valence-corrected chi connectivity index (χ3v) is 3.93.